The maximum atomic E-state index is 11.3. The Bertz CT molecular complexity index is 1650. The van der Waals surface area contributed by atoms with Crippen molar-refractivity contribution in [3.63, 3.8) is 0 Å². The Balaban J connectivity index is 1.42. The SMILES string of the molecule is Oc1ccc(C2Oc3c(c(O)cc(O)c3C3c4c(O)cc(O)cc4OC4(c5ccc(O)cc5)OC34)CC2O)cc1. The zero-order chi connectivity index (χ0) is 27.9. The molecule has 0 bridgehead atoms. The van der Waals surface area contributed by atoms with Gasteiger partial charge in [0.25, 0.3) is 5.79 Å². The molecule has 5 atom stereocenters. The van der Waals surface area contributed by atoms with Crippen molar-refractivity contribution in [1.29, 1.82) is 0 Å². The van der Waals surface area contributed by atoms with E-state index in [1.807, 2.05) is 0 Å². The van der Waals surface area contributed by atoms with E-state index in [-0.39, 0.29) is 69.1 Å². The molecule has 0 aromatic heterocycles. The van der Waals surface area contributed by atoms with Crippen LogP contribution < -0.4 is 9.47 Å². The number of aromatic hydroxyl groups is 6. The van der Waals surface area contributed by atoms with Crippen molar-refractivity contribution >= 4 is 0 Å². The van der Waals surface area contributed by atoms with E-state index in [0.717, 1.165) is 12.1 Å². The predicted octanol–water partition coefficient (Wildman–Crippen LogP) is 3.73. The average Bonchev–Trinajstić information content (AvgIpc) is 3.64. The number of rotatable bonds is 3. The highest BCUT2D eigenvalue weighted by Crippen LogP contribution is 2.65. The Labute approximate surface area is 227 Å². The topological polar surface area (TPSA) is 173 Å². The highest BCUT2D eigenvalue weighted by molar-refractivity contribution is 5.66. The van der Waals surface area contributed by atoms with Crippen molar-refractivity contribution in [2.75, 3.05) is 0 Å². The van der Waals surface area contributed by atoms with Crippen molar-refractivity contribution in [3.05, 3.63) is 94.5 Å². The summed E-state index contributed by atoms with van der Waals surface area (Å²) in [6, 6.07) is 16.0. The van der Waals surface area contributed by atoms with Gasteiger partial charge in [-0.25, -0.2) is 0 Å². The summed E-state index contributed by atoms with van der Waals surface area (Å²) in [6.07, 6.45) is -2.75. The fraction of sp³-hybridized carbons (Fsp3) is 0.200. The van der Waals surface area contributed by atoms with Crippen molar-refractivity contribution in [2.24, 2.45) is 0 Å². The number of hydrogen-bond donors (Lipinski definition) is 7. The van der Waals surface area contributed by atoms with Gasteiger partial charge in [0.2, 0.25) is 0 Å². The summed E-state index contributed by atoms with van der Waals surface area (Å²) >= 11 is 0. The third-order valence-electron chi connectivity index (χ3n) is 7.79. The van der Waals surface area contributed by atoms with Gasteiger partial charge in [-0.3, -0.25) is 0 Å². The number of phenolic OH excluding ortho intramolecular Hbond substituents is 6. The molecular weight excluding hydrogens is 520 g/mol. The summed E-state index contributed by atoms with van der Waals surface area (Å²) < 4.78 is 18.7. The molecule has 0 spiro atoms. The van der Waals surface area contributed by atoms with Crippen LogP contribution in [0.4, 0.5) is 0 Å². The number of epoxide rings is 1. The molecule has 3 aliphatic rings. The molecule has 10 nitrogen and oxygen atoms in total. The van der Waals surface area contributed by atoms with Crippen LogP contribution in [0.25, 0.3) is 0 Å². The van der Waals surface area contributed by atoms with Crippen molar-refractivity contribution < 1.29 is 50.0 Å². The van der Waals surface area contributed by atoms with Gasteiger partial charge in [-0.2, -0.15) is 0 Å². The second-order valence-corrected chi connectivity index (χ2v) is 10.2. The molecule has 7 N–H and O–H groups in total. The minimum atomic E-state index is -1.37. The van der Waals surface area contributed by atoms with Gasteiger partial charge in [0.05, 0.1) is 12.0 Å². The first-order chi connectivity index (χ1) is 19.2. The minimum Gasteiger partial charge on any atom is -0.508 e. The fourth-order valence-electron chi connectivity index (χ4n) is 5.91. The van der Waals surface area contributed by atoms with Crippen LogP contribution in [0.3, 0.4) is 0 Å². The van der Waals surface area contributed by atoms with E-state index in [1.54, 1.807) is 24.3 Å². The predicted molar refractivity (Wildman–Crippen MR) is 138 cm³/mol. The summed E-state index contributed by atoms with van der Waals surface area (Å²) in [5, 5.41) is 73.7. The van der Waals surface area contributed by atoms with E-state index in [9.17, 15) is 35.7 Å². The molecule has 3 heterocycles. The molecule has 0 amide bonds. The van der Waals surface area contributed by atoms with Crippen LogP contribution in [-0.4, -0.2) is 48.0 Å². The van der Waals surface area contributed by atoms with Crippen LogP contribution in [-0.2, 0) is 16.9 Å². The summed E-state index contributed by atoms with van der Waals surface area (Å²) in [4.78, 5) is 0. The van der Waals surface area contributed by atoms with Crippen molar-refractivity contribution in [2.45, 2.75) is 36.4 Å². The highest BCUT2D eigenvalue weighted by Gasteiger charge is 2.69. The van der Waals surface area contributed by atoms with E-state index in [2.05, 4.69) is 0 Å². The Kier molecular flexibility index (Phi) is 5.06. The maximum absolute atomic E-state index is 11.3. The Hall–Kier alpha value is -4.80. The highest BCUT2D eigenvalue weighted by atomic mass is 16.8. The van der Waals surface area contributed by atoms with E-state index >= 15 is 0 Å². The molecule has 1 saturated heterocycles. The lowest BCUT2D eigenvalue weighted by atomic mass is 9.79. The lowest BCUT2D eigenvalue weighted by molar-refractivity contribution is 0.0186. The number of phenols is 6. The van der Waals surface area contributed by atoms with Gasteiger partial charge in [0.15, 0.2) is 0 Å². The Morgan fingerprint density at radius 1 is 0.700 bits per heavy atom. The molecule has 4 aromatic carbocycles. The van der Waals surface area contributed by atoms with Gasteiger partial charge in [0.1, 0.15) is 58.2 Å². The van der Waals surface area contributed by atoms with E-state index < -0.39 is 30.0 Å². The van der Waals surface area contributed by atoms with Crippen molar-refractivity contribution in [1.82, 2.24) is 0 Å². The third kappa shape index (κ3) is 3.50. The largest absolute Gasteiger partial charge is 0.508 e. The first-order valence-electron chi connectivity index (χ1n) is 12.6. The van der Waals surface area contributed by atoms with Gasteiger partial charge < -0.3 is 50.0 Å². The van der Waals surface area contributed by atoms with E-state index in [1.165, 1.54) is 30.3 Å². The van der Waals surface area contributed by atoms with Gasteiger partial charge in [0, 0.05) is 46.9 Å². The molecule has 1 fully saturated rings. The summed E-state index contributed by atoms with van der Waals surface area (Å²) in [5.74, 6) is -3.13. The molecule has 0 aliphatic carbocycles. The number of fused-ring (bicyclic) bond motifs is 3. The zero-order valence-electron chi connectivity index (χ0n) is 20.7. The van der Waals surface area contributed by atoms with E-state index in [4.69, 9.17) is 14.2 Å². The number of aliphatic hydroxyl groups excluding tert-OH is 1. The number of hydrogen-bond acceptors (Lipinski definition) is 10. The monoisotopic (exact) mass is 544 g/mol. The quantitative estimate of drug-likeness (QED) is 0.188. The van der Waals surface area contributed by atoms with Gasteiger partial charge in [-0.15, -0.1) is 0 Å². The molecule has 7 rings (SSSR count). The van der Waals surface area contributed by atoms with Crippen LogP contribution in [0.2, 0.25) is 0 Å². The maximum Gasteiger partial charge on any atom is 0.265 e. The van der Waals surface area contributed by atoms with E-state index in [0.29, 0.717) is 11.1 Å². The average molecular weight is 545 g/mol. The molecule has 4 aromatic rings. The van der Waals surface area contributed by atoms with Crippen LogP contribution in [0.1, 0.15) is 39.8 Å². The smallest absolute Gasteiger partial charge is 0.265 e. The summed E-state index contributed by atoms with van der Waals surface area (Å²) in [6.45, 7) is 0. The molecule has 0 saturated carbocycles. The standard InChI is InChI=1S/C30H24O10/c31-15-5-1-13(2-6-15)27-22(37)11-18-19(34)12-21(36)25(28(18)38-27)26-24-20(35)9-17(33)10-23(24)39-30(29(26)40-30)14-3-7-16(32)8-4-14/h1-10,12,22,26-27,29,31-37H,11H2. The second kappa shape index (κ2) is 8.35. The first-order valence-corrected chi connectivity index (χ1v) is 12.6. The summed E-state index contributed by atoms with van der Waals surface area (Å²) in [5.41, 5.74) is 1.80. The third-order valence-corrected chi connectivity index (χ3v) is 7.79. The second-order valence-electron chi connectivity index (χ2n) is 10.2. The minimum absolute atomic E-state index is 0.00768. The summed E-state index contributed by atoms with van der Waals surface area (Å²) in [7, 11) is 0. The Morgan fingerprint density at radius 3 is 2.05 bits per heavy atom. The van der Waals surface area contributed by atoms with Gasteiger partial charge >= 0.3 is 0 Å². The van der Waals surface area contributed by atoms with Gasteiger partial charge in [-0.05, 0) is 42.0 Å². The normalized spacial score (nSPS) is 26.0. The van der Waals surface area contributed by atoms with Crippen LogP contribution in [0.15, 0.2) is 66.7 Å². The number of benzene rings is 4. The molecular formula is C30H24O10. The Morgan fingerprint density at radius 2 is 1.35 bits per heavy atom. The fourth-order valence-corrected chi connectivity index (χ4v) is 5.91. The zero-order valence-corrected chi connectivity index (χ0v) is 20.7. The van der Waals surface area contributed by atoms with Crippen LogP contribution in [0, 0.1) is 0 Å². The molecule has 40 heavy (non-hydrogen) atoms. The van der Waals surface area contributed by atoms with Crippen molar-refractivity contribution in [3.8, 4) is 46.0 Å². The van der Waals surface area contributed by atoms with Crippen LogP contribution >= 0.6 is 0 Å². The first kappa shape index (κ1) is 24.3. The van der Waals surface area contributed by atoms with Gasteiger partial charge in [-0.1, -0.05) is 12.1 Å². The lowest BCUT2D eigenvalue weighted by Gasteiger charge is -2.36. The molecule has 10 heteroatoms. The molecule has 204 valence electrons. The molecule has 5 unspecified atom stereocenters. The van der Waals surface area contributed by atoms with Crippen LogP contribution in [0.5, 0.6) is 46.0 Å². The number of aliphatic hydroxyl groups is 1. The number of ether oxygens (including phenoxy) is 3. The molecule has 3 aliphatic heterocycles. The lowest BCUT2D eigenvalue weighted by Crippen LogP contribution is -2.33. The molecule has 0 radical (unpaired) electrons.